The van der Waals surface area contributed by atoms with Crippen molar-refractivity contribution in [3.8, 4) is 0 Å². The fourth-order valence-electron chi connectivity index (χ4n) is 2.69. The number of aliphatic hydroxyl groups is 1. The largest absolute Gasteiger partial charge is 0.458 e. The molecule has 2 aromatic rings. The Balaban J connectivity index is 1.57. The molecule has 0 aliphatic carbocycles. The van der Waals surface area contributed by atoms with Gasteiger partial charge in [-0.05, 0) is 29.2 Å². The molecule has 26 heavy (non-hydrogen) atoms. The summed E-state index contributed by atoms with van der Waals surface area (Å²) in [6.07, 6.45) is -5.61. The Morgan fingerprint density at radius 3 is 2.42 bits per heavy atom. The Morgan fingerprint density at radius 2 is 1.81 bits per heavy atom. The van der Waals surface area contributed by atoms with Crippen LogP contribution in [0.4, 0.5) is 13.2 Å². The van der Waals surface area contributed by atoms with Crippen molar-refractivity contribution in [3.05, 3.63) is 70.8 Å². The zero-order valence-corrected chi connectivity index (χ0v) is 14.2. The normalized spacial score (nSPS) is 20.0. The number of aryl methyl sites for hydroxylation is 1. The van der Waals surface area contributed by atoms with Crippen molar-refractivity contribution in [2.24, 2.45) is 5.16 Å². The summed E-state index contributed by atoms with van der Waals surface area (Å²) in [6.45, 7) is 3.41. The summed E-state index contributed by atoms with van der Waals surface area (Å²) in [6, 6.07) is 15.1. The van der Waals surface area contributed by atoms with E-state index < -0.39 is 18.4 Å². The minimum Gasteiger partial charge on any atom is -0.350 e. The molecule has 0 bridgehead atoms. The van der Waals surface area contributed by atoms with Crippen LogP contribution in [0, 0.1) is 6.92 Å². The fourth-order valence-corrected chi connectivity index (χ4v) is 2.69. The van der Waals surface area contributed by atoms with Gasteiger partial charge in [-0.1, -0.05) is 53.7 Å². The van der Waals surface area contributed by atoms with E-state index in [1.165, 1.54) is 11.1 Å². The number of benzene rings is 2. The molecular weight excluding hydrogens is 345 g/mol. The fraction of sp³-hybridized carbons (Fsp3) is 0.316. The van der Waals surface area contributed by atoms with E-state index in [0.717, 1.165) is 12.1 Å². The van der Waals surface area contributed by atoms with Crippen molar-refractivity contribution in [1.82, 2.24) is 5.32 Å². The highest BCUT2D eigenvalue weighted by atomic mass is 19.4. The molecule has 0 aromatic heterocycles. The van der Waals surface area contributed by atoms with Gasteiger partial charge in [0, 0.05) is 13.1 Å². The zero-order valence-electron chi connectivity index (χ0n) is 14.2. The van der Waals surface area contributed by atoms with Gasteiger partial charge in [0.15, 0.2) is 0 Å². The highest BCUT2D eigenvalue weighted by molar-refractivity contribution is 6.01. The SMILES string of the molecule is Cc1ccccc1CNCc1ccc(C2=NOC(O)(C(F)(F)F)C2)cc1. The number of oxime groups is 1. The topological polar surface area (TPSA) is 53.9 Å². The molecule has 1 atom stereocenters. The van der Waals surface area contributed by atoms with E-state index in [1.807, 2.05) is 24.3 Å². The second kappa shape index (κ2) is 7.09. The lowest BCUT2D eigenvalue weighted by Gasteiger charge is -2.22. The molecule has 0 spiro atoms. The standard InChI is InChI=1S/C19H19F3N2O2/c1-13-4-2-3-5-16(13)12-23-11-14-6-8-15(9-7-14)17-10-18(25,26-24-17)19(20,21)22/h2-9,23,25H,10-12H2,1H3. The number of hydrogen-bond acceptors (Lipinski definition) is 4. The summed E-state index contributed by atoms with van der Waals surface area (Å²) in [5.41, 5.74) is 3.99. The van der Waals surface area contributed by atoms with E-state index in [1.54, 1.807) is 12.1 Å². The maximum absolute atomic E-state index is 12.7. The molecule has 1 aliphatic rings. The third kappa shape index (κ3) is 3.89. The van der Waals surface area contributed by atoms with Gasteiger partial charge in [-0.2, -0.15) is 13.2 Å². The van der Waals surface area contributed by atoms with Crippen LogP contribution < -0.4 is 5.32 Å². The molecule has 0 amide bonds. The minimum absolute atomic E-state index is 0.0734. The van der Waals surface area contributed by atoms with E-state index in [4.69, 9.17) is 0 Å². The van der Waals surface area contributed by atoms with Gasteiger partial charge in [0.05, 0.1) is 12.1 Å². The van der Waals surface area contributed by atoms with Crippen molar-refractivity contribution in [3.63, 3.8) is 0 Å². The van der Waals surface area contributed by atoms with Crippen LogP contribution in [0.15, 0.2) is 53.7 Å². The summed E-state index contributed by atoms with van der Waals surface area (Å²) in [5, 5.41) is 16.2. The van der Waals surface area contributed by atoms with E-state index in [0.29, 0.717) is 12.1 Å². The van der Waals surface area contributed by atoms with Crippen molar-refractivity contribution < 1.29 is 23.1 Å². The molecule has 0 fully saturated rings. The van der Waals surface area contributed by atoms with Crippen LogP contribution in [-0.4, -0.2) is 22.8 Å². The average Bonchev–Trinajstić information content (AvgIpc) is 3.01. The predicted molar refractivity (Wildman–Crippen MR) is 91.4 cm³/mol. The van der Waals surface area contributed by atoms with Crippen LogP contribution in [0.3, 0.4) is 0 Å². The van der Waals surface area contributed by atoms with Crippen molar-refractivity contribution in [1.29, 1.82) is 0 Å². The molecular formula is C19H19F3N2O2. The van der Waals surface area contributed by atoms with E-state index in [-0.39, 0.29) is 5.71 Å². The van der Waals surface area contributed by atoms with Crippen LogP contribution >= 0.6 is 0 Å². The minimum atomic E-state index is -4.89. The highest BCUT2D eigenvalue weighted by Gasteiger charge is 2.60. The molecule has 0 radical (unpaired) electrons. The number of halogens is 3. The van der Waals surface area contributed by atoms with Crippen molar-refractivity contribution in [2.75, 3.05) is 0 Å². The maximum atomic E-state index is 12.7. The number of nitrogens with one attached hydrogen (secondary N) is 1. The third-order valence-electron chi connectivity index (χ3n) is 4.35. The number of rotatable bonds is 5. The number of nitrogens with zero attached hydrogens (tertiary/aromatic N) is 1. The highest BCUT2D eigenvalue weighted by Crippen LogP contribution is 2.38. The van der Waals surface area contributed by atoms with Gasteiger partial charge in [-0.3, -0.25) is 0 Å². The zero-order chi connectivity index (χ0) is 18.8. The quantitative estimate of drug-likeness (QED) is 0.851. The molecule has 3 rings (SSSR count). The molecule has 0 saturated carbocycles. The summed E-state index contributed by atoms with van der Waals surface area (Å²) >= 11 is 0. The lowest BCUT2D eigenvalue weighted by atomic mass is 10.0. The van der Waals surface area contributed by atoms with Crippen LogP contribution in [0.25, 0.3) is 0 Å². The predicted octanol–water partition coefficient (Wildman–Crippen LogP) is 3.66. The Bertz CT molecular complexity index is 803. The maximum Gasteiger partial charge on any atom is 0.458 e. The van der Waals surface area contributed by atoms with Gasteiger partial charge >= 0.3 is 12.0 Å². The smallest absolute Gasteiger partial charge is 0.350 e. The van der Waals surface area contributed by atoms with Gasteiger partial charge in [0.25, 0.3) is 0 Å². The summed E-state index contributed by atoms with van der Waals surface area (Å²) in [7, 11) is 0. The molecule has 2 aromatic carbocycles. The van der Waals surface area contributed by atoms with Crippen LogP contribution in [0.5, 0.6) is 0 Å². The molecule has 1 aliphatic heterocycles. The summed E-state index contributed by atoms with van der Waals surface area (Å²) < 4.78 is 38.2. The molecule has 0 saturated heterocycles. The molecule has 138 valence electrons. The van der Waals surface area contributed by atoms with E-state index in [2.05, 4.69) is 34.4 Å². The molecule has 4 nitrogen and oxygen atoms in total. The molecule has 1 unspecified atom stereocenters. The first kappa shape index (κ1) is 18.4. The molecule has 7 heteroatoms. The average molecular weight is 364 g/mol. The Kier molecular flexibility index (Phi) is 5.02. The van der Waals surface area contributed by atoms with Gasteiger partial charge in [-0.15, -0.1) is 0 Å². The van der Waals surface area contributed by atoms with Crippen LogP contribution in [-0.2, 0) is 17.9 Å². The van der Waals surface area contributed by atoms with Crippen molar-refractivity contribution in [2.45, 2.75) is 38.4 Å². The lowest BCUT2D eigenvalue weighted by molar-refractivity contribution is -0.355. The number of hydrogen-bond donors (Lipinski definition) is 2. The van der Waals surface area contributed by atoms with Gasteiger partial charge in [0.2, 0.25) is 0 Å². The van der Waals surface area contributed by atoms with Gasteiger partial charge in [-0.25, -0.2) is 0 Å². The first-order valence-electron chi connectivity index (χ1n) is 8.17. The monoisotopic (exact) mass is 364 g/mol. The first-order valence-corrected chi connectivity index (χ1v) is 8.17. The second-order valence-electron chi connectivity index (χ2n) is 6.32. The second-order valence-corrected chi connectivity index (χ2v) is 6.32. The summed E-state index contributed by atoms with van der Waals surface area (Å²) in [5.74, 6) is -3.24. The van der Waals surface area contributed by atoms with E-state index >= 15 is 0 Å². The first-order chi connectivity index (χ1) is 12.3. The van der Waals surface area contributed by atoms with E-state index in [9.17, 15) is 18.3 Å². The number of alkyl halides is 3. The Hall–Kier alpha value is -2.38. The van der Waals surface area contributed by atoms with Crippen LogP contribution in [0.2, 0.25) is 0 Å². The Morgan fingerprint density at radius 1 is 1.12 bits per heavy atom. The Labute approximate surface area is 149 Å². The molecule has 2 N–H and O–H groups in total. The van der Waals surface area contributed by atoms with Crippen LogP contribution in [0.1, 0.15) is 28.7 Å². The van der Waals surface area contributed by atoms with Crippen molar-refractivity contribution >= 4 is 5.71 Å². The van der Waals surface area contributed by atoms with Gasteiger partial charge in [0.1, 0.15) is 0 Å². The lowest BCUT2D eigenvalue weighted by Crippen LogP contribution is -2.45. The summed E-state index contributed by atoms with van der Waals surface area (Å²) in [4.78, 5) is 4.23. The van der Waals surface area contributed by atoms with Gasteiger partial charge < -0.3 is 15.3 Å². The molecule has 1 heterocycles. The third-order valence-corrected chi connectivity index (χ3v) is 4.35.